The smallest absolute Gasteiger partial charge is 0.194 e. The Morgan fingerprint density at radius 3 is 2.83 bits per heavy atom. The van der Waals surface area contributed by atoms with E-state index in [2.05, 4.69) is 47.2 Å². The lowest BCUT2D eigenvalue weighted by Gasteiger charge is -2.21. The number of guanidine groups is 1. The molecule has 2 N–H and O–H groups in total. The number of H-pyrrole nitrogens is 1. The van der Waals surface area contributed by atoms with Crippen LogP contribution in [0.5, 0.6) is 0 Å². The van der Waals surface area contributed by atoms with E-state index in [0.29, 0.717) is 13.1 Å². The molecule has 0 aliphatic carbocycles. The number of aryl methyl sites for hydroxylation is 1. The highest BCUT2D eigenvalue weighted by molar-refractivity contribution is 14.0. The summed E-state index contributed by atoms with van der Waals surface area (Å²) < 4.78 is 2.26. The molecule has 4 rings (SSSR count). The second-order valence-electron chi connectivity index (χ2n) is 7.36. The molecule has 0 bridgehead atoms. The summed E-state index contributed by atoms with van der Waals surface area (Å²) >= 11 is 0. The van der Waals surface area contributed by atoms with Gasteiger partial charge < -0.3 is 19.8 Å². The van der Waals surface area contributed by atoms with Crippen molar-refractivity contribution in [1.82, 2.24) is 34.9 Å². The van der Waals surface area contributed by atoms with Gasteiger partial charge in [-0.3, -0.25) is 4.99 Å². The monoisotopic (exact) mass is 520 g/mol. The fraction of sp³-hybridized carbons (Fsp3) is 0.429. The Morgan fingerprint density at radius 1 is 1.20 bits per heavy atom. The molecule has 3 heterocycles. The van der Waals surface area contributed by atoms with Crippen LogP contribution < -0.4 is 5.32 Å². The topological polar surface area (TPSA) is 87.0 Å². The van der Waals surface area contributed by atoms with Crippen LogP contribution in [-0.2, 0) is 26.1 Å². The molecule has 1 aromatic carbocycles. The highest BCUT2D eigenvalue weighted by Crippen LogP contribution is 2.17. The van der Waals surface area contributed by atoms with Crippen LogP contribution in [-0.4, -0.2) is 49.7 Å². The largest absolute Gasteiger partial charge is 0.349 e. The maximum Gasteiger partial charge on any atom is 0.194 e. The first-order valence-electron chi connectivity index (χ1n) is 10.2. The minimum absolute atomic E-state index is 0. The maximum atomic E-state index is 4.52. The molecule has 8 nitrogen and oxygen atoms in total. The molecular formula is C21H29IN8. The van der Waals surface area contributed by atoms with Gasteiger partial charge >= 0.3 is 0 Å². The van der Waals surface area contributed by atoms with Crippen LogP contribution in [0.15, 0.2) is 41.5 Å². The quantitative estimate of drug-likeness (QED) is 0.307. The first-order valence-corrected chi connectivity index (χ1v) is 10.2. The predicted molar refractivity (Wildman–Crippen MR) is 129 cm³/mol. The Morgan fingerprint density at radius 2 is 2.03 bits per heavy atom. The number of imidazole rings is 1. The lowest BCUT2D eigenvalue weighted by atomic mass is 10.2. The van der Waals surface area contributed by atoms with Gasteiger partial charge in [-0.15, -0.1) is 34.2 Å². The van der Waals surface area contributed by atoms with E-state index in [1.807, 2.05) is 36.3 Å². The number of hydrogen-bond acceptors (Lipinski definition) is 4. The van der Waals surface area contributed by atoms with E-state index in [1.165, 1.54) is 19.3 Å². The van der Waals surface area contributed by atoms with Crippen LogP contribution in [0.25, 0.3) is 11.3 Å². The highest BCUT2D eigenvalue weighted by atomic mass is 127. The summed E-state index contributed by atoms with van der Waals surface area (Å²) in [6.07, 6.45) is 6.54. The summed E-state index contributed by atoms with van der Waals surface area (Å²) in [5.41, 5.74) is 2.15. The van der Waals surface area contributed by atoms with Crippen LogP contribution in [0.4, 0.5) is 0 Å². The number of halogens is 1. The number of hydrogen-bond donors (Lipinski definition) is 2. The minimum Gasteiger partial charge on any atom is -0.349 e. The Bertz CT molecular complexity index is 963. The molecule has 0 fully saturated rings. The van der Waals surface area contributed by atoms with Crippen LogP contribution >= 0.6 is 24.0 Å². The van der Waals surface area contributed by atoms with Gasteiger partial charge in [-0.25, -0.2) is 4.98 Å². The Kier molecular flexibility index (Phi) is 7.83. The van der Waals surface area contributed by atoms with Gasteiger partial charge in [0.2, 0.25) is 0 Å². The molecule has 30 heavy (non-hydrogen) atoms. The zero-order valence-electron chi connectivity index (χ0n) is 17.5. The third kappa shape index (κ3) is 5.18. The van der Waals surface area contributed by atoms with Crippen molar-refractivity contribution in [3.8, 4) is 11.3 Å². The van der Waals surface area contributed by atoms with Gasteiger partial charge in [0, 0.05) is 27.1 Å². The molecule has 9 heteroatoms. The molecule has 160 valence electrons. The van der Waals surface area contributed by atoms with Gasteiger partial charge in [-0.05, 0) is 18.4 Å². The van der Waals surface area contributed by atoms with Crippen LogP contribution in [0.1, 0.15) is 36.7 Å². The minimum atomic E-state index is 0. The van der Waals surface area contributed by atoms with E-state index in [9.17, 15) is 0 Å². The summed E-state index contributed by atoms with van der Waals surface area (Å²) in [6, 6.07) is 10.2. The van der Waals surface area contributed by atoms with Crippen molar-refractivity contribution in [3.05, 3.63) is 54.0 Å². The Hall–Kier alpha value is -2.43. The van der Waals surface area contributed by atoms with Gasteiger partial charge in [-0.1, -0.05) is 36.8 Å². The molecule has 0 radical (unpaired) electrons. The molecule has 3 aromatic rings. The van der Waals surface area contributed by atoms with Gasteiger partial charge in [0.15, 0.2) is 11.8 Å². The van der Waals surface area contributed by atoms with Gasteiger partial charge in [0.05, 0.1) is 25.0 Å². The van der Waals surface area contributed by atoms with Crippen molar-refractivity contribution in [3.63, 3.8) is 0 Å². The second-order valence-corrected chi connectivity index (χ2v) is 7.36. The molecule has 0 amide bonds. The van der Waals surface area contributed by atoms with Crippen LogP contribution in [0, 0.1) is 0 Å². The van der Waals surface area contributed by atoms with E-state index in [4.69, 9.17) is 0 Å². The van der Waals surface area contributed by atoms with Crippen LogP contribution in [0.2, 0.25) is 0 Å². The van der Waals surface area contributed by atoms with Crippen molar-refractivity contribution < 1.29 is 0 Å². The summed E-state index contributed by atoms with van der Waals surface area (Å²) in [4.78, 5) is 14.4. The van der Waals surface area contributed by atoms with E-state index >= 15 is 0 Å². The number of aromatic amines is 1. The van der Waals surface area contributed by atoms with Crippen LogP contribution in [0.3, 0.4) is 0 Å². The number of rotatable bonds is 5. The van der Waals surface area contributed by atoms with Crippen molar-refractivity contribution in [2.24, 2.45) is 4.99 Å². The Balaban J connectivity index is 0.00000256. The summed E-state index contributed by atoms with van der Waals surface area (Å²) in [5.74, 6) is 3.77. The molecule has 0 saturated heterocycles. The SMILES string of the molecule is CN=C(NCc1nnc2n1CCCCC2)N(C)Cc1ncc(-c2ccccc2)[nH]1.I. The molecule has 0 atom stereocenters. The average Bonchev–Trinajstić information content (AvgIpc) is 3.29. The summed E-state index contributed by atoms with van der Waals surface area (Å²) in [7, 11) is 3.80. The molecule has 0 spiro atoms. The van der Waals surface area contributed by atoms with Gasteiger partial charge in [-0.2, -0.15) is 0 Å². The molecule has 2 aromatic heterocycles. The average molecular weight is 520 g/mol. The lowest BCUT2D eigenvalue weighted by molar-refractivity contribution is 0.461. The van der Waals surface area contributed by atoms with Crippen molar-refractivity contribution in [1.29, 1.82) is 0 Å². The number of nitrogens with zero attached hydrogens (tertiary/aromatic N) is 6. The number of nitrogens with one attached hydrogen (secondary N) is 2. The number of aromatic nitrogens is 5. The third-order valence-corrected chi connectivity index (χ3v) is 5.26. The lowest BCUT2D eigenvalue weighted by Crippen LogP contribution is -2.38. The fourth-order valence-electron chi connectivity index (χ4n) is 3.73. The number of aliphatic imine (C=N–C) groups is 1. The zero-order valence-corrected chi connectivity index (χ0v) is 19.8. The predicted octanol–water partition coefficient (Wildman–Crippen LogP) is 3.22. The van der Waals surface area contributed by atoms with E-state index in [0.717, 1.165) is 47.7 Å². The third-order valence-electron chi connectivity index (χ3n) is 5.26. The Labute approximate surface area is 194 Å². The maximum absolute atomic E-state index is 4.52. The normalized spacial score (nSPS) is 13.9. The molecule has 0 saturated carbocycles. The van der Waals surface area contributed by atoms with Gasteiger partial charge in [0.25, 0.3) is 0 Å². The van der Waals surface area contributed by atoms with Crippen molar-refractivity contribution in [2.45, 2.75) is 45.3 Å². The number of fused-ring (bicyclic) bond motifs is 1. The van der Waals surface area contributed by atoms with Crippen molar-refractivity contribution >= 4 is 29.9 Å². The van der Waals surface area contributed by atoms with Gasteiger partial charge in [0.1, 0.15) is 11.6 Å². The van der Waals surface area contributed by atoms with E-state index in [1.54, 1.807) is 7.05 Å². The fourth-order valence-corrected chi connectivity index (χ4v) is 3.73. The van der Waals surface area contributed by atoms with E-state index < -0.39 is 0 Å². The summed E-state index contributed by atoms with van der Waals surface area (Å²) in [6.45, 7) is 2.24. The standard InChI is InChI=1S/C21H28N8.HI/c1-22-21(24-14-20-27-26-19-11-7-4-8-12-29(19)20)28(2)15-18-23-13-17(25-18)16-9-5-3-6-10-16;/h3,5-6,9-10,13H,4,7-8,11-12,14-15H2,1-2H3,(H,22,24)(H,23,25);1H. The molecular weight excluding hydrogens is 491 g/mol. The molecule has 0 unspecified atom stereocenters. The van der Waals surface area contributed by atoms with E-state index in [-0.39, 0.29) is 24.0 Å². The molecule has 1 aliphatic heterocycles. The number of benzene rings is 1. The zero-order chi connectivity index (χ0) is 20.1. The summed E-state index contributed by atoms with van der Waals surface area (Å²) in [5, 5.41) is 12.2. The molecule has 1 aliphatic rings. The first kappa shape index (κ1) is 22.3. The second kappa shape index (κ2) is 10.6. The first-order chi connectivity index (χ1) is 14.2. The van der Waals surface area contributed by atoms with Crippen molar-refractivity contribution in [2.75, 3.05) is 14.1 Å². The highest BCUT2D eigenvalue weighted by Gasteiger charge is 2.16.